The molecule has 0 amide bonds. The second-order valence-corrected chi connectivity index (χ2v) is 5.66. The lowest BCUT2D eigenvalue weighted by Crippen LogP contribution is -2.07. The largest absolute Gasteiger partial charge is 0.458 e. The van der Waals surface area contributed by atoms with Crippen molar-refractivity contribution in [2.24, 2.45) is 0 Å². The Morgan fingerprint density at radius 1 is 1.25 bits per heavy atom. The van der Waals surface area contributed by atoms with Crippen LogP contribution in [0.2, 0.25) is 0 Å². The molecule has 3 aromatic rings. The zero-order chi connectivity index (χ0) is 13.7. The molecule has 20 heavy (non-hydrogen) atoms. The van der Waals surface area contributed by atoms with Crippen molar-refractivity contribution in [3.63, 3.8) is 0 Å². The van der Waals surface area contributed by atoms with Gasteiger partial charge in [-0.2, -0.15) is 5.10 Å². The standard InChI is InChI=1S/C15H18N4O/c1-9-7-8-12(20-9)14-16-13-10(2)18-19(15(13)17-14)11-5-3-4-6-11/h7-8,11H,3-6H2,1-2H3,(H,16,17). The molecule has 0 radical (unpaired) electrons. The number of nitrogens with one attached hydrogen (secondary N) is 1. The number of hydrogen-bond donors (Lipinski definition) is 1. The van der Waals surface area contributed by atoms with Crippen molar-refractivity contribution in [3.05, 3.63) is 23.6 Å². The van der Waals surface area contributed by atoms with Gasteiger partial charge in [0.05, 0.1) is 11.7 Å². The van der Waals surface area contributed by atoms with Crippen molar-refractivity contribution in [3.8, 4) is 11.6 Å². The number of aromatic amines is 1. The molecular weight excluding hydrogens is 252 g/mol. The topological polar surface area (TPSA) is 59.6 Å². The summed E-state index contributed by atoms with van der Waals surface area (Å²) in [5.41, 5.74) is 2.99. The first kappa shape index (κ1) is 11.8. The van der Waals surface area contributed by atoms with Crippen LogP contribution in [0.15, 0.2) is 16.5 Å². The molecule has 5 heteroatoms. The molecule has 4 rings (SSSR count). The van der Waals surface area contributed by atoms with E-state index in [1.54, 1.807) is 0 Å². The van der Waals surface area contributed by atoms with Crippen LogP contribution in [0.3, 0.4) is 0 Å². The van der Waals surface area contributed by atoms with Gasteiger partial charge in [0.1, 0.15) is 11.3 Å². The first-order valence-electron chi connectivity index (χ1n) is 7.24. The highest BCUT2D eigenvalue weighted by Crippen LogP contribution is 2.33. The first-order valence-corrected chi connectivity index (χ1v) is 7.24. The van der Waals surface area contributed by atoms with Gasteiger partial charge in [0, 0.05) is 0 Å². The SMILES string of the molecule is Cc1ccc(-c2nc3c([nH]2)c(C)nn3C2CCCC2)o1. The average Bonchev–Trinajstić information content (AvgIpc) is 3.15. The van der Waals surface area contributed by atoms with E-state index in [9.17, 15) is 0 Å². The summed E-state index contributed by atoms with van der Waals surface area (Å²) >= 11 is 0. The van der Waals surface area contributed by atoms with Gasteiger partial charge in [-0.3, -0.25) is 0 Å². The van der Waals surface area contributed by atoms with Crippen LogP contribution < -0.4 is 0 Å². The number of fused-ring (bicyclic) bond motifs is 1. The second kappa shape index (κ2) is 4.23. The van der Waals surface area contributed by atoms with Gasteiger partial charge in [-0.1, -0.05) is 12.8 Å². The lowest BCUT2D eigenvalue weighted by Gasteiger charge is -2.09. The number of nitrogens with zero attached hydrogens (tertiary/aromatic N) is 3. The van der Waals surface area contributed by atoms with Crippen LogP contribution in [-0.4, -0.2) is 19.7 Å². The number of rotatable bonds is 2. The monoisotopic (exact) mass is 270 g/mol. The fraction of sp³-hybridized carbons (Fsp3) is 0.467. The summed E-state index contributed by atoms with van der Waals surface area (Å²) < 4.78 is 7.75. The number of H-pyrrole nitrogens is 1. The minimum atomic E-state index is 0.501. The highest BCUT2D eigenvalue weighted by Gasteiger charge is 2.23. The molecule has 0 saturated heterocycles. The normalized spacial score (nSPS) is 16.5. The molecule has 0 aliphatic heterocycles. The van der Waals surface area contributed by atoms with Crippen molar-refractivity contribution in [2.75, 3.05) is 0 Å². The maximum absolute atomic E-state index is 5.65. The minimum Gasteiger partial charge on any atom is -0.458 e. The van der Waals surface area contributed by atoms with Gasteiger partial charge in [-0.25, -0.2) is 9.67 Å². The zero-order valence-electron chi connectivity index (χ0n) is 11.8. The molecule has 0 bridgehead atoms. The molecule has 1 N–H and O–H groups in total. The van der Waals surface area contributed by atoms with Crippen LogP contribution in [-0.2, 0) is 0 Å². The van der Waals surface area contributed by atoms with Crippen molar-refractivity contribution in [1.29, 1.82) is 0 Å². The average molecular weight is 270 g/mol. The van der Waals surface area contributed by atoms with E-state index in [1.165, 1.54) is 25.7 Å². The van der Waals surface area contributed by atoms with E-state index in [-0.39, 0.29) is 0 Å². The molecule has 0 unspecified atom stereocenters. The molecule has 104 valence electrons. The summed E-state index contributed by atoms with van der Waals surface area (Å²) in [6, 6.07) is 4.41. The van der Waals surface area contributed by atoms with Crippen molar-refractivity contribution in [2.45, 2.75) is 45.6 Å². The van der Waals surface area contributed by atoms with Crippen LogP contribution in [0.4, 0.5) is 0 Å². The predicted molar refractivity (Wildman–Crippen MR) is 76.6 cm³/mol. The van der Waals surface area contributed by atoms with E-state index >= 15 is 0 Å². The third kappa shape index (κ3) is 1.69. The molecule has 1 fully saturated rings. The molecular formula is C15H18N4O. The Morgan fingerprint density at radius 3 is 2.75 bits per heavy atom. The minimum absolute atomic E-state index is 0.501. The van der Waals surface area contributed by atoms with Gasteiger partial charge in [-0.05, 0) is 38.8 Å². The second-order valence-electron chi connectivity index (χ2n) is 5.66. The maximum Gasteiger partial charge on any atom is 0.177 e. The Kier molecular flexibility index (Phi) is 2.49. The van der Waals surface area contributed by atoms with E-state index in [0.29, 0.717) is 6.04 Å². The van der Waals surface area contributed by atoms with Gasteiger partial charge in [-0.15, -0.1) is 0 Å². The highest BCUT2D eigenvalue weighted by atomic mass is 16.3. The highest BCUT2D eigenvalue weighted by molar-refractivity contribution is 5.78. The number of aromatic nitrogens is 4. The van der Waals surface area contributed by atoms with Gasteiger partial charge < -0.3 is 9.40 Å². The third-order valence-electron chi connectivity index (χ3n) is 4.17. The van der Waals surface area contributed by atoms with Crippen LogP contribution in [0, 0.1) is 13.8 Å². The van der Waals surface area contributed by atoms with Crippen molar-refractivity contribution >= 4 is 11.2 Å². The zero-order valence-corrected chi connectivity index (χ0v) is 11.8. The summed E-state index contributed by atoms with van der Waals surface area (Å²) in [7, 11) is 0. The van der Waals surface area contributed by atoms with Crippen LogP contribution in [0.25, 0.3) is 22.7 Å². The molecule has 0 aromatic carbocycles. The Hall–Kier alpha value is -2.04. The van der Waals surface area contributed by atoms with Gasteiger partial charge in [0.2, 0.25) is 0 Å². The summed E-state index contributed by atoms with van der Waals surface area (Å²) in [5.74, 6) is 2.48. The van der Waals surface area contributed by atoms with E-state index < -0.39 is 0 Å². The fourth-order valence-electron chi connectivity index (χ4n) is 3.12. The maximum atomic E-state index is 5.65. The smallest absolute Gasteiger partial charge is 0.177 e. The quantitative estimate of drug-likeness (QED) is 0.771. The molecule has 1 aliphatic carbocycles. The summed E-state index contributed by atoms with van der Waals surface area (Å²) in [5, 5.41) is 4.66. The lowest BCUT2D eigenvalue weighted by molar-refractivity contribution is 0.476. The third-order valence-corrected chi connectivity index (χ3v) is 4.17. The van der Waals surface area contributed by atoms with Crippen LogP contribution in [0.5, 0.6) is 0 Å². The predicted octanol–water partition coefficient (Wildman–Crippen LogP) is 3.75. The van der Waals surface area contributed by atoms with Crippen LogP contribution in [0.1, 0.15) is 43.2 Å². The number of furan rings is 1. The summed E-state index contributed by atoms with van der Waals surface area (Å²) in [6.07, 6.45) is 5.00. The number of aryl methyl sites for hydroxylation is 2. The number of hydrogen-bond acceptors (Lipinski definition) is 3. The van der Waals surface area contributed by atoms with E-state index in [1.807, 2.05) is 26.0 Å². The number of imidazole rings is 1. The van der Waals surface area contributed by atoms with Gasteiger partial charge in [0.25, 0.3) is 0 Å². The van der Waals surface area contributed by atoms with Crippen LogP contribution >= 0.6 is 0 Å². The Morgan fingerprint density at radius 2 is 2.05 bits per heavy atom. The molecule has 0 atom stereocenters. The molecule has 3 aromatic heterocycles. The lowest BCUT2D eigenvalue weighted by atomic mass is 10.2. The van der Waals surface area contributed by atoms with Gasteiger partial charge in [0.15, 0.2) is 17.2 Å². The van der Waals surface area contributed by atoms with E-state index in [2.05, 4.69) is 14.8 Å². The van der Waals surface area contributed by atoms with E-state index in [4.69, 9.17) is 9.40 Å². The molecule has 1 saturated carbocycles. The molecule has 0 spiro atoms. The molecule has 5 nitrogen and oxygen atoms in total. The molecule has 3 heterocycles. The Balaban J connectivity index is 1.84. The summed E-state index contributed by atoms with van der Waals surface area (Å²) in [6.45, 7) is 3.97. The Labute approximate surface area is 117 Å². The van der Waals surface area contributed by atoms with Crippen molar-refractivity contribution in [1.82, 2.24) is 19.7 Å². The van der Waals surface area contributed by atoms with Crippen molar-refractivity contribution < 1.29 is 4.42 Å². The fourth-order valence-corrected chi connectivity index (χ4v) is 3.12. The van der Waals surface area contributed by atoms with E-state index in [0.717, 1.165) is 34.2 Å². The Bertz CT molecular complexity index is 758. The molecule has 1 aliphatic rings. The summed E-state index contributed by atoms with van der Waals surface area (Å²) in [4.78, 5) is 8.06. The van der Waals surface area contributed by atoms with Gasteiger partial charge >= 0.3 is 0 Å². The first-order chi connectivity index (χ1) is 9.72.